The monoisotopic (exact) mass is 368 g/mol. The summed E-state index contributed by atoms with van der Waals surface area (Å²) in [5.74, 6) is -0.313. The Bertz CT molecular complexity index is 842. The number of benzene rings is 2. The molecule has 0 aromatic heterocycles. The predicted molar refractivity (Wildman–Crippen MR) is 106 cm³/mol. The Kier molecular flexibility index (Phi) is 7.19. The fourth-order valence-corrected chi connectivity index (χ4v) is 2.70. The van der Waals surface area contributed by atoms with E-state index in [1.807, 2.05) is 19.1 Å². The second kappa shape index (κ2) is 9.59. The number of halogens is 1. The van der Waals surface area contributed by atoms with Crippen LogP contribution in [0.2, 0.25) is 5.02 Å². The molecule has 0 unspecified atom stereocenters. The van der Waals surface area contributed by atoms with Crippen molar-refractivity contribution in [3.8, 4) is 6.07 Å². The summed E-state index contributed by atoms with van der Waals surface area (Å²) in [6.45, 7) is 5.59. The highest BCUT2D eigenvalue weighted by Gasteiger charge is 2.07. The minimum absolute atomic E-state index is 0.313. The van der Waals surface area contributed by atoms with Gasteiger partial charge in [0.1, 0.15) is 0 Å². The summed E-state index contributed by atoms with van der Waals surface area (Å²) in [6.07, 6.45) is 2.11. The molecule has 2 aromatic carbocycles. The van der Waals surface area contributed by atoms with Crippen molar-refractivity contribution in [1.29, 1.82) is 5.26 Å². The van der Waals surface area contributed by atoms with Crippen molar-refractivity contribution < 1.29 is 4.79 Å². The van der Waals surface area contributed by atoms with Gasteiger partial charge in [-0.15, -0.1) is 0 Å². The number of carbonyl (C=O) groups is 1. The zero-order valence-electron chi connectivity index (χ0n) is 14.9. The maximum Gasteiger partial charge on any atom is 0.271 e. The lowest BCUT2D eigenvalue weighted by Gasteiger charge is -2.22. The molecule has 0 fully saturated rings. The summed E-state index contributed by atoms with van der Waals surface area (Å²) in [4.78, 5) is 14.2. The molecule has 6 heteroatoms. The van der Waals surface area contributed by atoms with E-state index in [-0.39, 0.29) is 5.91 Å². The van der Waals surface area contributed by atoms with Crippen LogP contribution in [0.15, 0.2) is 47.6 Å². The molecule has 0 atom stereocenters. The standard InChI is InChI=1S/C20H21ClN4O/c1-3-25(11-5-10-22)19-9-8-17(15(2)12-19)14-23-24-20(26)16-6-4-7-18(21)13-16/h4,6-9,12-14H,3,5,11H2,1-2H3,(H,24,26)/b23-14-. The molecular formula is C20H21ClN4O. The van der Waals surface area contributed by atoms with E-state index in [0.29, 0.717) is 23.6 Å². The van der Waals surface area contributed by atoms with Gasteiger partial charge in [0.15, 0.2) is 0 Å². The van der Waals surface area contributed by atoms with Crippen molar-refractivity contribution in [2.75, 3.05) is 18.0 Å². The third-order valence-corrected chi connectivity index (χ3v) is 4.19. The Morgan fingerprint density at radius 3 is 2.81 bits per heavy atom. The smallest absolute Gasteiger partial charge is 0.271 e. The van der Waals surface area contributed by atoms with Gasteiger partial charge in [0.25, 0.3) is 5.91 Å². The zero-order chi connectivity index (χ0) is 18.9. The van der Waals surface area contributed by atoms with Crippen molar-refractivity contribution in [3.05, 3.63) is 64.2 Å². The summed E-state index contributed by atoms with van der Waals surface area (Å²) in [7, 11) is 0. The number of hydrogen-bond donors (Lipinski definition) is 1. The summed E-state index contributed by atoms with van der Waals surface area (Å²) >= 11 is 5.88. The summed E-state index contributed by atoms with van der Waals surface area (Å²) < 4.78 is 0. The van der Waals surface area contributed by atoms with Gasteiger partial charge in [-0.3, -0.25) is 4.79 Å². The van der Waals surface area contributed by atoms with Crippen LogP contribution in [-0.2, 0) is 0 Å². The van der Waals surface area contributed by atoms with Crippen LogP contribution < -0.4 is 10.3 Å². The number of aryl methyl sites for hydroxylation is 1. The fraction of sp³-hybridized carbons (Fsp3) is 0.250. The van der Waals surface area contributed by atoms with Gasteiger partial charge in [-0.25, -0.2) is 5.43 Å². The Hall–Kier alpha value is -2.84. The lowest BCUT2D eigenvalue weighted by atomic mass is 10.1. The van der Waals surface area contributed by atoms with Crippen molar-refractivity contribution in [1.82, 2.24) is 5.43 Å². The molecule has 0 bridgehead atoms. The van der Waals surface area contributed by atoms with Crippen LogP contribution >= 0.6 is 11.6 Å². The van der Waals surface area contributed by atoms with Crippen LogP contribution in [0.1, 0.15) is 34.8 Å². The molecule has 134 valence electrons. The highest BCUT2D eigenvalue weighted by atomic mass is 35.5. The molecule has 5 nitrogen and oxygen atoms in total. The largest absolute Gasteiger partial charge is 0.371 e. The summed E-state index contributed by atoms with van der Waals surface area (Å²) in [6, 6.07) is 14.9. The summed E-state index contributed by atoms with van der Waals surface area (Å²) in [5, 5.41) is 13.3. The number of hydrogen-bond acceptors (Lipinski definition) is 4. The average Bonchev–Trinajstić information content (AvgIpc) is 2.64. The van der Waals surface area contributed by atoms with Gasteiger partial charge in [0.2, 0.25) is 0 Å². The third kappa shape index (κ3) is 5.33. The van der Waals surface area contributed by atoms with Gasteiger partial charge in [0.05, 0.1) is 18.7 Å². The Morgan fingerprint density at radius 2 is 2.15 bits per heavy atom. The number of rotatable bonds is 7. The Labute approximate surface area is 158 Å². The molecule has 0 aliphatic heterocycles. The maximum absolute atomic E-state index is 12.0. The Morgan fingerprint density at radius 1 is 1.35 bits per heavy atom. The van der Waals surface area contributed by atoms with Crippen LogP contribution in [-0.4, -0.2) is 25.2 Å². The highest BCUT2D eigenvalue weighted by Crippen LogP contribution is 2.18. The Balaban J connectivity index is 2.04. The molecule has 1 N–H and O–H groups in total. The first kappa shape index (κ1) is 19.5. The van der Waals surface area contributed by atoms with Crippen molar-refractivity contribution in [2.24, 2.45) is 5.10 Å². The molecule has 0 aliphatic carbocycles. The van der Waals surface area contributed by atoms with Crippen LogP contribution in [0.25, 0.3) is 0 Å². The van der Waals surface area contributed by atoms with Gasteiger partial charge >= 0.3 is 0 Å². The topological polar surface area (TPSA) is 68.5 Å². The first-order valence-corrected chi connectivity index (χ1v) is 8.74. The van der Waals surface area contributed by atoms with Crippen LogP contribution in [0.3, 0.4) is 0 Å². The molecule has 0 heterocycles. The SMILES string of the molecule is CCN(CCC#N)c1ccc(/C=N\NC(=O)c2cccc(Cl)c2)c(C)c1. The molecule has 2 rings (SSSR count). The first-order valence-electron chi connectivity index (χ1n) is 8.36. The lowest BCUT2D eigenvalue weighted by Crippen LogP contribution is -2.23. The number of nitriles is 1. The van der Waals surface area contributed by atoms with Crippen molar-refractivity contribution >= 4 is 29.4 Å². The van der Waals surface area contributed by atoms with Crippen LogP contribution in [0.5, 0.6) is 0 Å². The molecule has 2 aromatic rings. The van der Waals surface area contributed by atoms with Gasteiger partial charge in [-0.05, 0) is 55.3 Å². The molecule has 0 saturated carbocycles. The molecule has 0 aliphatic rings. The van der Waals surface area contributed by atoms with E-state index in [0.717, 1.165) is 23.4 Å². The molecule has 0 saturated heterocycles. The van der Waals surface area contributed by atoms with E-state index in [4.69, 9.17) is 16.9 Å². The van der Waals surface area contributed by atoms with E-state index in [1.54, 1.807) is 30.5 Å². The van der Waals surface area contributed by atoms with E-state index < -0.39 is 0 Å². The molecule has 1 amide bonds. The third-order valence-electron chi connectivity index (χ3n) is 3.95. The van der Waals surface area contributed by atoms with Gasteiger partial charge in [-0.1, -0.05) is 23.7 Å². The first-order chi connectivity index (χ1) is 12.5. The van der Waals surface area contributed by atoms with E-state index in [9.17, 15) is 4.79 Å². The fourth-order valence-electron chi connectivity index (χ4n) is 2.51. The van der Waals surface area contributed by atoms with E-state index in [1.165, 1.54) is 0 Å². The van der Waals surface area contributed by atoms with Crippen molar-refractivity contribution in [2.45, 2.75) is 20.3 Å². The molecule has 26 heavy (non-hydrogen) atoms. The number of anilines is 1. The zero-order valence-corrected chi connectivity index (χ0v) is 15.6. The molecule has 0 radical (unpaired) electrons. The van der Waals surface area contributed by atoms with E-state index >= 15 is 0 Å². The van der Waals surface area contributed by atoms with Gasteiger partial charge in [0, 0.05) is 29.4 Å². The average molecular weight is 369 g/mol. The minimum Gasteiger partial charge on any atom is -0.371 e. The van der Waals surface area contributed by atoms with Crippen LogP contribution in [0.4, 0.5) is 5.69 Å². The summed E-state index contributed by atoms with van der Waals surface area (Å²) in [5.41, 5.74) is 5.98. The second-order valence-electron chi connectivity index (χ2n) is 5.74. The van der Waals surface area contributed by atoms with Crippen molar-refractivity contribution in [3.63, 3.8) is 0 Å². The maximum atomic E-state index is 12.0. The van der Waals surface area contributed by atoms with E-state index in [2.05, 4.69) is 34.5 Å². The molecular weight excluding hydrogens is 348 g/mol. The number of nitrogens with one attached hydrogen (secondary N) is 1. The normalized spacial score (nSPS) is 10.5. The highest BCUT2D eigenvalue weighted by molar-refractivity contribution is 6.30. The number of nitrogens with zero attached hydrogens (tertiary/aromatic N) is 3. The lowest BCUT2D eigenvalue weighted by molar-refractivity contribution is 0.0955. The van der Waals surface area contributed by atoms with Gasteiger partial charge < -0.3 is 4.90 Å². The molecule has 0 spiro atoms. The predicted octanol–water partition coefficient (Wildman–Crippen LogP) is 4.15. The number of carbonyl (C=O) groups excluding carboxylic acids is 1. The number of hydrazone groups is 1. The van der Waals surface area contributed by atoms with Gasteiger partial charge in [-0.2, -0.15) is 10.4 Å². The second-order valence-corrected chi connectivity index (χ2v) is 6.17. The quantitative estimate of drug-likeness (QED) is 0.589. The van der Waals surface area contributed by atoms with Crippen LogP contribution in [0, 0.1) is 18.3 Å². The minimum atomic E-state index is -0.313. The number of amides is 1.